The molecule has 2 aromatic carbocycles. The number of fused-ring (bicyclic) bond motifs is 1. The summed E-state index contributed by atoms with van der Waals surface area (Å²) in [5.41, 5.74) is 7.63. The molecule has 0 spiro atoms. The zero-order valence-electron chi connectivity index (χ0n) is 11.5. The molecule has 0 radical (unpaired) electrons. The van der Waals surface area contributed by atoms with E-state index in [9.17, 15) is 15.3 Å². The third-order valence-corrected chi connectivity index (χ3v) is 3.90. The van der Waals surface area contributed by atoms with E-state index >= 15 is 0 Å². The molecule has 2 aromatic rings. The van der Waals surface area contributed by atoms with Gasteiger partial charge < -0.3 is 21.1 Å². The fraction of sp³-hybridized carbons (Fsp3) is 0.176. The van der Waals surface area contributed by atoms with Crippen molar-refractivity contribution >= 4 is 10.8 Å². The van der Waals surface area contributed by atoms with Gasteiger partial charge >= 0.3 is 0 Å². The number of aliphatic hydroxyl groups is 3. The van der Waals surface area contributed by atoms with Crippen LogP contribution < -0.4 is 5.73 Å². The van der Waals surface area contributed by atoms with Crippen molar-refractivity contribution in [3.8, 4) is 0 Å². The van der Waals surface area contributed by atoms with Crippen LogP contribution in [0.4, 0.5) is 0 Å². The van der Waals surface area contributed by atoms with Crippen molar-refractivity contribution in [3.05, 3.63) is 70.9 Å². The summed E-state index contributed by atoms with van der Waals surface area (Å²) in [4.78, 5) is 0. The van der Waals surface area contributed by atoms with Crippen molar-refractivity contribution in [2.75, 3.05) is 0 Å². The van der Waals surface area contributed by atoms with E-state index in [1.807, 2.05) is 36.4 Å². The third kappa shape index (κ3) is 2.34. The van der Waals surface area contributed by atoms with Crippen LogP contribution in [0.25, 0.3) is 10.8 Å². The van der Waals surface area contributed by atoms with Crippen LogP contribution in [0.3, 0.4) is 0 Å². The van der Waals surface area contributed by atoms with Crippen molar-refractivity contribution in [2.45, 2.75) is 18.9 Å². The lowest BCUT2D eigenvalue weighted by atomic mass is 9.86. The summed E-state index contributed by atoms with van der Waals surface area (Å²) in [6.45, 7) is 0.388. The molecular formula is C17H17NO3. The van der Waals surface area contributed by atoms with Gasteiger partial charge in [0.2, 0.25) is 0 Å². The van der Waals surface area contributed by atoms with E-state index in [1.54, 1.807) is 0 Å². The number of nitrogens with two attached hydrogens (primary N) is 1. The summed E-state index contributed by atoms with van der Waals surface area (Å²) in [6, 6.07) is 11.8. The standard InChI is InChI=1S/C17H17NO3/c18-9-12-6-11(5-10-3-1-2-4-14(10)12)15-7-13(19)8-16(20)17(15)21/h1-6,8,15,19-21H,7,9,18H2. The molecule has 0 saturated carbocycles. The highest BCUT2D eigenvalue weighted by Gasteiger charge is 2.26. The zero-order chi connectivity index (χ0) is 15.0. The second-order valence-corrected chi connectivity index (χ2v) is 5.27. The lowest BCUT2D eigenvalue weighted by Gasteiger charge is -2.22. The summed E-state index contributed by atoms with van der Waals surface area (Å²) >= 11 is 0. The molecule has 4 heteroatoms. The van der Waals surface area contributed by atoms with Crippen molar-refractivity contribution in [1.29, 1.82) is 0 Å². The van der Waals surface area contributed by atoms with Gasteiger partial charge in [0, 0.05) is 19.0 Å². The first kappa shape index (κ1) is 13.5. The van der Waals surface area contributed by atoms with Gasteiger partial charge in [-0.2, -0.15) is 0 Å². The topological polar surface area (TPSA) is 86.7 Å². The molecule has 1 unspecified atom stereocenters. The number of rotatable bonds is 2. The Morgan fingerprint density at radius 2 is 1.86 bits per heavy atom. The lowest BCUT2D eigenvalue weighted by molar-refractivity contribution is 0.275. The minimum atomic E-state index is -0.454. The predicted octanol–water partition coefficient (Wildman–Crippen LogP) is 3.56. The van der Waals surface area contributed by atoms with Gasteiger partial charge in [0.15, 0.2) is 5.76 Å². The first-order valence-electron chi connectivity index (χ1n) is 6.83. The Labute approximate surface area is 122 Å². The van der Waals surface area contributed by atoms with Crippen LogP contribution >= 0.6 is 0 Å². The van der Waals surface area contributed by atoms with Gasteiger partial charge in [-0.05, 0) is 21.9 Å². The number of aliphatic hydroxyl groups excluding tert-OH is 3. The fourth-order valence-electron chi connectivity index (χ4n) is 2.84. The van der Waals surface area contributed by atoms with Gasteiger partial charge in [0.05, 0.1) is 11.7 Å². The Hall–Kier alpha value is -2.46. The maximum Gasteiger partial charge on any atom is 0.157 e. The summed E-state index contributed by atoms with van der Waals surface area (Å²) in [5, 5.41) is 31.6. The van der Waals surface area contributed by atoms with Gasteiger partial charge in [-0.25, -0.2) is 0 Å². The largest absolute Gasteiger partial charge is 0.512 e. The van der Waals surface area contributed by atoms with E-state index in [2.05, 4.69) is 0 Å². The van der Waals surface area contributed by atoms with Crippen LogP contribution in [0.15, 0.2) is 59.8 Å². The molecule has 0 aliphatic heterocycles. The smallest absolute Gasteiger partial charge is 0.157 e. The molecule has 5 N–H and O–H groups in total. The van der Waals surface area contributed by atoms with Gasteiger partial charge in [0.1, 0.15) is 5.76 Å². The molecule has 0 bridgehead atoms. The fourth-order valence-corrected chi connectivity index (χ4v) is 2.84. The highest BCUT2D eigenvalue weighted by Crippen LogP contribution is 2.36. The van der Waals surface area contributed by atoms with Crippen molar-refractivity contribution in [2.24, 2.45) is 5.73 Å². The van der Waals surface area contributed by atoms with E-state index in [0.29, 0.717) is 6.54 Å². The SMILES string of the molecule is NCc1cc(C2CC(O)=CC(O)=C2O)cc2ccccc12. The van der Waals surface area contributed by atoms with E-state index in [1.165, 1.54) is 6.08 Å². The average Bonchev–Trinajstić information content (AvgIpc) is 2.49. The Morgan fingerprint density at radius 1 is 1.10 bits per heavy atom. The summed E-state index contributed by atoms with van der Waals surface area (Å²) in [5.74, 6) is -0.806. The first-order valence-corrected chi connectivity index (χ1v) is 6.83. The summed E-state index contributed by atoms with van der Waals surface area (Å²) in [7, 11) is 0. The molecule has 0 aromatic heterocycles. The van der Waals surface area contributed by atoms with Crippen LogP contribution in [-0.4, -0.2) is 15.3 Å². The average molecular weight is 283 g/mol. The normalized spacial score (nSPS) is 18.9. The minimum absolute atomic E-state index is 0.0535. The molecule has 0 fully saturated rings. The van der Waals surface area contributed by atoms with Gasteiger partial charge in [-0.15, -0.1) is 0 Å². The molecule has 4 nitrogen and oxygen atoms in total. The zero-order valence-corrected chi connectivity index (χ0v) is 11.5. The summed E-state index contributed by atoms with van der Waals surface area (Å²) in [6.07, 6.45) is 1.44. The molecule has 0 heterocycles. The molecule has 1 aliphatic rings. The highest BCUT2D eigenvalue weighted by atomic mass is 16.3. The third-order valence-electron chi connectivity index (χ3n) is 3.90. The second kappa shape index (κ2) is 5.14. The second-order valence-electron chi connectivity index (χ2n) is 5.27. The predicted molar refractivity (Wildman–Crippen MR) is 82.2 cm³/mol. The maximum atomic E-state index is 10.1. The van der Waals surface area contributed by atoms with Crippen LogP contribution in [0.5, 0.6) is 0 Å². The monoisotopic (exact) mass is 283 g/mol. The van der Waals surface area contributed by atoms with Crippen LogP contribution in [0.1, 0.15) is 23.5 Å². The van der Waals surface area contributed by atoms with E-state index < -0.39 is 5.92 Å². The van der Waals surface area contributed by atoms with Gasteiger partial charge in [-0.3, -0.25) is 0 Å². The number of hydrogen-bond acceptors (Lipinski definition) is 4. The molecule has 1 aliphatic carbocycles. The lowest BCUT2D eigenvalue weighted by Crippen LogP contribution is -2.11. The Morgan fingerprint density at radius 3 is 2.62 bits per heavy atom. The van der Waals surface area contributed by atoms with Crippen LogP contribution in [0.2, 0.25) is 0 Å². The Balaban J connectivity index is 2.15. The van der Waals surface area contributed by atoms with Crippen molar-refractivity contribution in [3.63, 3.8) is 0 Å². The quantitative estimate of drug-likeness (QED) is 0.678. The number of benzene rings is 2. The van der Waals surface area contributed by atoms with E-state index in [4.69, 9.17) is 5.73 Å². The molecule has 0 amide bonds. The van der Waals surface area contributed by atoms with Crippen LogP contribution in [0, 0.1) is 0 Å². The molecule has 21 heavy (non-hydrogen) atoms. The van der Waals surface area contributed by atoms with Gasteiger partial charge in [0.25, 0.3) is 0 Å². The highest BCUT2D eigenvalue weighted by molar-refractivity contribution is 5.86. The van der Waals surface area contributed by atoms with Gasteiger partial charge in [-0.1, -0.05) is 36.4 Å². The van der Waals surface area contributed by atoms with E-state index in [0.717, 1.165) is 21.9 Å². The van der Waals surface area contributed by atoms with E-state index in [-0.39, 0.29) is 23.7 Å². The molecule has 3 rings (SSSR count). The first-order chi connectivity index (χ1) is 10.1. The Bertz CT molecular complexity index is 762. The van der Waals surface area contributed by atoms with Crippen molar-refractivity contribution in [1.82, 2.24) is 0 Å². The molecule has 0 saturated heterocycles. The number of allylic oxidation sites excluding steroid dienone is 3. The molecule has 1 atom stereocenters. The molecule has 108 valence electrons. The number of hydrogen-bond donors (Lipinski definition) is 4. The summed E-state index contributed by atoms with van der Waals surface area (Å²) < 4.78 is 0. The maximum absolute atomic E-state index is 10.1. The molecular weight excluding hydrogens is 266 g/mol. The minimum Gasteiger partial charge on any atom is -0.512 e. The van der Waals surface area contributed by atoms with Crippen molar-refractivity contribution < 1.29 is 15.3 Å². The van der Waals surface area contributed by atoms with Crippen LogP contribution in [-0.2, 0) is 6.54 Å². The Kier molecular flexibility index (Phi) is 3.31.